The van der Waals surface area contributed by atoms with E-state index in [1.807, 2.05) is 48.5 Å². The Kier molecular flexibility index (Phi) is 4.30. The van der Waals surface area contributed by atoms with Gasteiger partial charge in [0.2, 0.25) is 0 Å². The fraction of sp³-hybridized carbons (Fsp3) is 0.235. The summed E-state index contributed by atoms with van der Waals surface area (Å²) < 4.78 is 0. The molecule has 0 unspecified atom stereocenters. The van der Waals surface area contributed by atoms with E-state index >= 15 is 0 Å². The number of hydrogen-bond donors (Lipinski definition) is 0. The summed E-state index contributed by atoms with van der Waals surface area (Å²) in [5.74, 6) is 0.106. The van der Waals surface area contributed by atoms with Crippen LogP contribution in [0.2, 0.25) is 0 Å². The van der Waals surface area contributed by atoms with Crippen molar-refractivity contribution < 1.29 is 4.79 Å². The van der Waals surface area contributed by atoms with Gasteiger partial charge in [-0.25, -0.2) is 0 Å². The first kappa shape index (κ1) is 12.6. The Hall–Kier alpha value is -1.89. The van der Waals surface area contributed by atoms with E-state index in [9.17, 15) is 4.79 Å². The fourth-order valence-corrected chi connectivity index (χ4v) is 2.01. The Balaban J connectivity index is 2.20. The van der Waals surface area contributed by atoms with E-state index < -0.39 is 0 Å². The van der Waals surface area contributed by atoms with Gasteiger partial charge in [0.25, 0.3) is 0 Å². The average Bonchev–Trinajstić information content (AvgIpc) is 2.45. The Morgan fingerprint density at radius 3 is 2.39 bits per heavy atom. The van der Waals surface area contributed by atoms with Crippen molar-refractivity contribution >= 4 is 5.78 Å². The van der Waals surface area contributed by atoms with Crippen LogP contribution >= 0.6 is 0 Å². The van der Waals surface area contributed by atoms with Crippen molar-refractivity contribution in [2.45, 2.75) is 26.2 Å². The standard InChI is InChI=1S/C17H18O/c1-2-3-8-14-9-7-12-16(13-14)17(18)15-10-5-4-6-11-15/h4-7,9-13H,2-3,8H2,1H3. The predicted octanol–water partition coefficient (Wildman–Crippen LogP) is 4.26. The summed E-state index contributed by atoms with van der Waals surface area (Å²) in [6, 6.07) is 17.4. The molecular weight excluding hydrogens is 220 g/mol. The highest BCUT2D eigenvalue weighted by molar-refractivity contribution is 6.09. The number of ketones is 1. The van der Waals surface area contributed by atoms with Gasteiger partial charge in [-0.2, -0.15) is 0 Å². The number of unbranched alkanes of at least 4 members (excludes halogenated alkanes) is 1. The van der Waals surface area contributed by atoms with E-state index in [1.165, 1.54) is 18.4 Å². The van der Waals surface area contributed by atoms with E-state index in [2.05, 4.69) is 13.0 Å². The lowest BCUT2D eigenvalue weighted by atomic mass is 9.99. The van der Waals surface area contributed by atoms with Crippen LogP contribution in [0.1, 0.15) is 41.3 Å². The molecule has 92 valence electrons. The Bertz CT molecular complexity index is 514. The lowest BCUT2D eigenvalue weighted by Gasteiger charge is -2.04. The van der Waals surface area contributed by atoms with Gasteiger partial charge in [-0.15, -0.1) is 0 Å². The molecule has 0 aliphatic carbocycles. The molecule has 2 aromatic rings. The minimum Gasteiger partial charge on any atom is -0.289 e. The van der Waals surface area contributed by atoms with Gasteiger partial charge in [-0.1, -0.05) is 61.9 Å². The molecule has 0 heterocycles. The molecule has 0 aliphatic heterocycles. The monoisotopic (exact) mass is 238 g/mol. The molecule has 0 aromatic heterocycles. The lowest BCUT2D eigenvalue weighted by Crippen LogP contribution is -2.01. The number of benzene rings is 2. The number of carbonyl (C=O) groups is 1. The highest BCUT2D eigenvalue weighted by atomic mass is 16.1. The largest absolute Gasteiger partial charge is 0.289 e. The zero-order chi connectivity index (χ0) is 12.8. The van der Waals surface area contributed by atoms with Gasteiger partial charge < -0.3 is 0 Å². The molecule has 1 nitrogen and oxygen atoms in total. The quantitative estimate of drug-likeness (QED) is 0.711. The second-order valence-corrected chi connectivity index (χ2v) is 4.50. The number of carbonyl (C=O) groups excluding carboxylic acids is 1. The lowest BCUT2D eigenvalue weighted by molar-refractivity contribution is 0.103. The van der Waals surface area contributed by atoms with Gasteiger partial charge in [-0.3, -0.25) is 4.79 Å². The average molecular weight is 238 g/mol. The van der Waals surface area contributed by atoms with E-state index in [0.29, 0.717) is 0 Å². The second-order valence-electron chi connectivity index (χ2n) is 4.50. The molecule has 0 bridgehead atoms. The van der Waals surface area contributed by atoms with E-state index in [4.69, 9.17) is 0 Å². The third-order valence-corrected chi connectivity index (χ3v) is 3.04. The van der Waals surface area contributed by atoms with Crippen LogP contribution in [0.5, 0.6) is 0 Å². The van der Waals surface area contributed by atoms with Crippen LogP contribution in [-0.4, -0.2) is 5.78 Å². The molecule has 0 amide bonds. The van der Waals surface area contributed by atoms with Crippen LogP contribution in [0.25, 0.3) is 0 Å². The molecule has 1 heteroatoms. The first-order chi connectivity index (χ1) is 8.81. The van der Waals surface area contributed by atoms with Gasteiger partial charge in [0.15, 0.2) is 5.78 Å². The zero-order valence-corrected chi connectivity index (χ0v) is 10.7. The topological polar surface area (TPSA) is 17.1 Å². The molecular formula is C17H18O. The van der Waals surface area contributed by atoms with E-state index in [1.54, 1.807) is 0 Å². The molecule has 0 aliphatic rings. The van der Waals surface area contributed by atoms with Crippen LogP contribution in [0.15, 0.2) is 54.6 Å². The fourth-order valence-electron chi connectivity index (χ4n) is 2.01. The maximum Gasteiger partial charge on any atom is 0.193 e. The minimum atomic E-state index is 0.106. The summed E-state index contributed by atoms with van der Waals surface area (Å²) in [5, 5.41) is 0. The zero-order valence-electron chi connectivity index (χ0n) is 10.7. The SMILES string of the molecule is CCCCc1cccc(C(=O)c2ccccc2)c1. The highest BCUT2D eigenvalue weighted by Gasteiger charge is 2.08. The molecule has 0 saturated heterocycles. The first-order valence-electron chi connectivity index (χ1n) is 6.50. The first-order valence-corrected chi connectivity index (χ1v) is 6.50. The molecule has 0 atom stereocenters. The van der Waals surface area contributed by atoms with Crippen LogP contribution in [-0.2, 0) is 6.42 Å². The van der Waals surface area contributed by atoms with Crippen molar-refractivity contribution in [3.8, 4) is 0 Å². The Morgan fingerprint density at radius 2 is 1.67 bits per heavy atom. The third kappa shape index (κ3) is 3.07. The van der Waals surface area contributed by atoms with Gasteiger partial charge in [0.1, 0.15) is 0 Å². The summed E-state index contributed by atoms with van der Waals surface area (Å²) in [7, 11) is 0. The summed E-state index contributed by atoms with van der Waals surface area (Å²) >= 11 is 0. The summed E-state index contributed by atoms with van der Waals surface area (Å²) in [6.07, 6.45) is 3.40. The smallest absolute Gasteiger partial charge is 0.193 e. The predicted molar refractivity (Wildman–Crippen MR) is 74.9 cm³/mol. The molecule has 0 radical (unpaired) electrons. The van der Waals surface area contributed by atoms with Crippen molar-refractivity contribution in [2.75, 3.05) is 0 Å². The summed E-state index contributed by atoms with van der Waals surface area (Å²) in [6.45, 7) is 2.18. The number of hydrogen-bond acceptors (Lipinski definition) is 1. The van der Waals surface area contributed by atoms with E-state index in [-0.39, 0.29) is 5.78 Å². The van der Waals surface area contributed by atoms with Crippen LogP contribution in [0, 0.1) is 0 Å². The van der Waals surface area contributed by atoms with Crippen LogP contribution in [0.3, 0.4) is 0 Å². The molecule has 2 aromatic carbocycles. The van der Waals surface area contributed by atoms with E-state index in [0.717, 1.165) is 17.5 Å². The molecule has 0 N–H and O–H groups in total. The van der Waals surface area contributed by atoms with Crippen molar-refractivity contribution in [3.63, 3.8) is 0 Å². The van der Waals surface area contributed by atoms with Gasteiger partial charge in [0, 0.05) is 11.1 Å². The maximum atomic E-state index is 12.3. The third-order valence-electron chi connectivity index (χ3n) is 3.04. The maximum absolute atomic E-state index is 12.3. The van der Waals surface area contributed by atoms with Crippen molar-refractivity contribution in [3.05, 3.63) is 71.3 Å². The molecule has 0 spiro atoms. The summed E-state index contributed by atoms with van der Waals surface area (Å²) in [4.78, 5) is 12.3. The molecule has 18 heavy (non-hydrogen) atoms. The van der Waals surface area contributed by atoms with Gasteiger partial charge in [-0.05, 0) is 24.5 Å². The van der Waals surface area contributed by atoms with Crippen molar-refractivity contribution in [2.24, 2.45) is 0 Å². The van der Waals surface area contributed by atoms with Gasteiger partial charge >= 0.3 is 0 Å². The molecule has 0 saturated carbocycles. The van der Waals surface area contributed by atoms with Gasteiger partial charge in [0.05, 0.1) is 0 Å². The van der Waals surface area contributed by atoms with Crippen molar-refractivity contribution in [1.82, 2.24) is 0 Å². The van der Waals surface area contributed by atoms with Crippen LogP contribution in [0.4, 0.5) is 0 Å². The van der Waals surface area contributed by atoms with Crippen molar-refractivity contribution in [1.29, 1.82) is 0 Å². The van der Waals surface area contributed by atoms with Crippen LogP contribution < -0.4 is 0 Å². The number of rotatable bonds is 5. The summed E-state index contributed by atoms with van der Waals surface area (Å²) in [5.41, 5.74) is 2.79. The molecule has 2 rings (SSSR count). The Labute approximate surface area is 108 Å². The second kappa shape index (κ2) is 6.15. The Morgan fingerprint density at radius 1 is 0.944 bits per heavy atom. The number of aryl methyl sites for hydroxylation is 1. The molecule has 0 fully saturated rings. The minimum absolute atomic E-state index is 0.106. The normalized spacial score (nSPS) is 10.3. The highest BCUT2D eigenvalue weighted by Crippen LogP contribution is 2.13.